The standard InChI is InChI=1S/C18H22FNO2S/c1-12-10-15(13(2)23-12)4-3-5-18(22)20-11-17(21)14-6-8-16(19)9-7-14/h6-10,17,21H,3-5,11H2,1-2H3,(H,20,22). The van der Waals surface area contributed by atoms with Crippen LogP contribution in [0.2, 0.25) is 0 Å². The van der Waals surface area contributed by atoms with E-state index in [-0.39, 0.29) is 18.3 Å². The second-order valence-corrected chi connectivity index (χ2v) is 7.12. The van der Waals surface area contributed by atoms with Gasteiger partial charge in [-0.1, -0.05) is 12.1 Å². The van der Waals surface area contributed by atoms with Crippen molar-refractivity contribution in [3.8, 4) is 0 Å². The summed E-state index contributed by atoms with van der Waals surface area (Å²) in [4.78, 5) is 14.4. The first-order chi connectivity index (χ1) is 11.0. The Hall–Kier alpha value is -1.72. The third-order valence-corrected chi connectivity index (χ3v) is 4.75. The first-order valence-electron chi connectivity index (χ1n) is 7.72. The highest BCUT2D eigenvalue weighted by Crippen LogP contribution is 2.22. The molecule has 0 saturated carbocycles. The highest BCUT2D eigenvalue weighted by atomic mass is 32.1. The summed E-state index contributed by atoms with van der Waals surface area (Å²) in [5.41, 5.74) is 1.91. The van der Waals surface area contributed by atoms with E-state index in [9.17, 15) is 14.3 Å². The fraction of sp³-hybridized carbons (Fsp3) is 0.389. The predicted molar refractivity (Wildman–Crippen MR) is 91.1 cm³/mol. The number of rotatable bonds is 7. The summed E-state index contributed by atoms with van der Waals surface area (Å²) in [6.07, 6.45) is 1.30. The van der Waals surface area contributed by atoms with Gasteiger partial charge < -0.3 is 10.4 Å². The van der Waals surface area contributed by atoms with E-state index in [0.717, 1.165) is 12.8 Å². The molecule has 2 aromatic rings. The second kappa shape index (κ2) is 8.22. The van der Waals surface area contributed by atoms with Crippen LogP contribution in [0.25, 0.3) is 0 Å². The predicted octanol–water partition coefficient (Wildman–Crippen LogP) is 3.68. The summed E-state index contributed by atoms with van der Waals surface area (Å²) in [6, 6.07) is 7.81. The monoisotopic (exact) mass is 335 g/mol. The van der Waals surface area contributed by atoms with Crippen molar-refractivity contribution in [1.29, 1.82) is 0 Å². The van der Waals surface area contributed by atoms with Gasteiger partial charge in [-0.05, 0) is 56.0 Å². The van der Waals surface area contributed by atoms with Crippen molar-refractivity contribution in [3.05, 3.63) is 57.0 Å². The van der Waals surface area contributed by atoms with Gasteiger partial charge >= 0.3 is 0 Å². The molecule has 0 saturated heterocycles. The fourth-order valence-electron chi connectivity index (χ4n) is 2.47. The summed E-state index contributed by atoms with van der Waals surface area (Å²) >= 11 is 1.78. The normalized spacial score (nSPS) is 12.2. The molecule has 1 atom stereocenters. The maximum absolute atomic E-state index is 12.8. The Morgan fingerprint density at radius 1 is 1.30 bits per heavy atom. The second-order valence-electron chi connectivity index (χ2n) is 5.66. The molecular formula is C18H22FNO2S. The van der Waals surface area contributed by atoms with Gasteiger partial charge in [0.05, 0.1) is 6.10 Å². The van der Waals surface area contributed by atoms with Gasteiger partial charge in [-0.3, -0.25) is 4.79 Å². The van der Waals surface area contributed by atoms with Crippen LogP contribution in [0.4, 0.5) is 4.39 Å². The molecule has 0 bridgehead atoms. The van der Waals surface area contributed by atoms with Gasteiger partial charge in [-0.15, -0.1) is 11.3 Å². The molecule has 3 nitrogen and oxygen atoms in total. The Labute approximate surface area is 140 Å². The van der Waals surface area contributed by atoms with Crippen molar-refractivity contribution in [1.82, 2.24) is 5.32 Å². The van der Waals surface area contributed by atoms with Gasteiger partial charge in [0.15, 0.2) is 0 Å². The summed E-state index contributed by atoms with van der Waals surface area (Å²) in [7, 11) is 0. The third kappa shape index (κ3) is 5.44. The smallest absolute Gasteiger partial charge is 0.220 e. The minimum absolute atomic E-state index is 0.0734. The molecule has 0 fully saturated rings. The van der Waals surface area contributed by atoms with Crippen LogP contribution in [-0.4, -0.2) is 17.6 Å². The zero-order chi connectivity index (χ0) is 16.8. The quantitative estimate of drug-likeness (QED) is 0.811. The number of hydrogen-bond donors (Lipinski definition) is 2. The number of benzene rings is 1. The number of hydrogen-bond acceptors (Lipinski definition) is 3. The highest BCUT2D eigenvalue weighted by molar-refractivity contribution is 7.12. The Balaban J connectivity index is 1.70. The maximum Gasteiger partial charge on any atom is 0.220 e. The van der Waals surface area contributed by atoms with E-state index in [1.807, 2.05) is 0 Å². The van der Waals surface area contributed by atoms with Crippen LogP contribution < -0.4 is 5.32 Å². The number of amides is 1. The largest absolute Gasteiger partial charge is 0.387 e. The molecule has 124 valence electrons. The number of thiophene rings is 1. The van der Waals surface area contributed by atoms with Crippen LogP contribution in [0.15, 0.2) is 30.3 Å². The number of aliphatic hydroxyl groups excluding tert-OH is 1. The number of halogens is 1. The van der Waals surface area contributed by atoms with Crippen molar-refractivity contribution >= 4 is 17.2 Å². The lowest BCUT2D eigenvalue weighted by Crippen LogP contribution is -2.28. The van der Waals surface area contributed by atoms with Crippen molar-refractivity contribution in [2.75, 3.05) is 6.54 Å². The molecule has 0 aliphatic heterocycles. The minimum atomic E-state index is -0.818. The Morgan fingerprint density at radius 3 is 2.61 bits per heavy atom. The average Bonchev–Trinajstić information content (AvgIpc) is 2.83. The van der Waals surface area contributed by atoms with Crippen LogP contribution in [0, 0.1) is 19.7 Å². The Bertz CT molecular complexity index is 652. The van der Waals surface area contributed by atoms with Crippen LogP contribution in [0.1, 0.15) is 39.8 Å². The molecule has 0 spiro atoms. The first-order valence-corrected chi connectivity index (χ1v) is 8.53. The van der Waals surface area contributed by atoms with Crippen molar-refractivity contribution in [2.45, 2.75) is 39.2 Å². The van der Waals surface area contributed by atoms with E-state index in [1.54, 1.807) is 11.3 Å². The highest BCUT2D eigenvalue weighted by Gasteiger charge is 2.10. The lowest BCUT2D eigenvalue weighted by molar-refractivity contribution is -0.121. The molecule has 2 rings (SSSR count). The number of aliphatic hydroxyl groups is 1. The van der Waals surface area contributed by atoms with Crippen LogP contribution in [-0.2, 0) is 11.2 Å². The van der Waals surface area contributed by atoms with Crippen LogP contribution in [0.5, 0.6) is 0 Å². The van der Waals surface area contributed by atoms with Crippen LogP contribution in [0.3, 0.4) is 0 Å². The maximum atomic E-state index is 12.8. The van der Waals surface area contributed by atoms with E-state index in [4.69, 9.17) is 0 Å². The molecule has 1 unspecified atom stereocenters. The molecular weight excluding hydrogens is 313 g/mol. The summed E-state index contributed by atoms with van der Waals surface area (Å²) in [6.45, 7) is 4.33. The SMILES string of the molecule is Cc1cc(CCCC(=O)NCC(O)c2ccc(F)cc2)c(C)s1. The van der Waals surface area contributed by atoms with Gasteiger partial charge in [0, 0.05) is 22.7 Å². The molecule has 0 aliphatic carbocycles. The zero-order valence-corrected chi connectivity index (χ0v) is 14.3. The molecule has 2 N–H and O–H groups in total. The Kier molecular flexibility index (Phi) is 6.30. The van der Waals surface area contributed by atoms with Gasteiger partial charge in [-0.25, -0.2) is 4.39 Å². The molecule has 5 heteroatoms. The summed E-state index contributed by atoms with van der Waals surface area (Å²) in [5, 5.41) is 12.7. The lowest BCUT2D eigenvalue weighted by Gasteiger charge is -2.12. The van der Waals surface area contributed by atoms with Gasteiger partial charge in [-0.2, -0.15) is 0 Å². The van der Waals surface area contributed by atoms with E-state index >= 15 is 0 Å². The molecule has 1 aromatic carbocycles. The third-order valence-electron chi connectivity index (χ3n) is 3.74. The Morgan fingerprint density at radius 2 is 2.00 bits per heavy atom. The van der Waals surface area contributed by atoms with Crippen molar-refractivity contribution < 1.29 is 14.3 Å². The molecule has 0 radical (unpaired) electrons. The summed E-state index contributed by atoms with van der Waals surface area (Å²) in [5.74, 6) is -0.417. The lowest BCUT2D eigenvalue weighted by atomic mass is 10.1. The number of aryl methyl sites for hydroxylation is 3. The van der Waals surface area contributed by atoms with Gasteiger partial charge in [0.2, 0.25) is 5.91 Å². The molecule has 0 aliphatic rings. The topological polar surface area (TPSA) is 49.3 Å². The molecule has 1 aromatic heterocycles. The average molecular weight is 335 g/mol. The zero-order valence-electron chi connectivity index (χ0n) is 13.4. The molecule has 1 heterocycles. The van der Waals surface area contributed by atoms with Crippen molar-refractivity contribution in [3.63, 3.8) is 0 Å². The number of carbonyl (C=O) groups excluding carboxylic acids is 1. The van der Waals surface area contributed by atoms with Gasteiger partial charge in [0.1, 0.15) is 5.82 Å². The molecule has 1 amide bonds. The number of nitrogens with one attached hydrogen (secondary N) is 1. The first kappa shape index (κ1) is 17.6. The van der Waals surface area contributed by atoms with E-state index in [1.165, 1.54) is 39.6 Å². The summed E-state index contributed by atoms with van der Waals surface area (Å²) < 4.78 is 12.8. The van der Waals surface area contributed by atoms with E-state index in [2.05, 4.69) is 25.2 Å². The molecule has 23 heavy (non-hydrogen) atoms. The van der Waals surface area contributed by atoms with E-state index < -0.39 is 6.10 Å². The van der Waals surface area contributed by atoms with Crippen LogP contribution >= 0.6 is 11.3 Å². The van der Waals surface area contributed by atoms with Gasteiger partial charge in [0.25, 0.3) is 0 Å². The minimum Gasteiger partial charge on any atom is -0.387 e. The van der Waals surface area contributed by atoms with E-state index in [0.29, 0.717) is 12.0 Å². The fourth-order valence-corrected chi connectivity index (χ4v) is 3.45. The van der Waals surface area contributed by atoms with Crippen molar-refractivity contribution in [2.24, 2.45) is 0 Å². The number of carbonyl (C=O) groups is 1.